The number of amides is 2. The number of urea groups is 1. The van der Waals surface area contributed by atoms with Gasteiger partial charge in [0.15, 0.2) is 11.5 Å². The van der Waals surface area contributed by atoms with Gasteiger partial charge in [-0.3, -0.25) is 0 Å². The lowest BCUT2D eigenvalue weighted by Gasteiger charge is -2.20. The summed E-state index contributed by atoms with van der Waals surface area (Å²) >= 11 is 0. The molecule has 1 atom stereocenters. The van der Waals surface area contributed by atoms with E-state index < -0.39 is 12.6 Å². The molecule has 0 spiro atoms. The minimum Gasteiger partial charge on any atom is -0.486 e. The monoisotopic (exact) mass is 465 g/mol. The van der Waals surface area contributed by atoms with Crippen molar-refractivity contribution < 1.29 is 27.8 Å². The van der Waals surface area contributed by atoms with Crippen LogP contribution in [0.15, 0.2) is 77.9 Å². The van der Waals surface area contributed by atoms with E-state index in [1.54, 1.807) is 30.3 Å². The number of nitrogens with one attached hydrogen (secondary N) is 1. The van der Waals surface area contributed by atoms with Gasteiger partial charge in [0.1, 0.15) is 19.0 Å². The molecule has 2 aliphatic rings. The largest absolute Gasteiger partial charge is 0.486 e. The van der Waals surface area contributed by atoms with Gasteiger partial charge in [-0.1, -0.05) is 30.3 Å². The number of carbonyl (C=O) groups excluding carboxylic acids is 1. The maximum Gasteiger partial charge on any atom is 0.387 e. The first-order valence-corrected chi connectivity index (χ1v) is 10.7. The van der Waals surface area contributed by atoms with Gasteiger partial charge >= 0.3 is 12.6 Å². The number of ether oxygens (including phenoxy) is 3. The summed E-state index contributed by atoms with van der Waals surface area (Å²) in [6, 6.07) is 20.7. The Bertz CT molecular complexity index is 1200. The van der Waals surface area contributed by atoms with E-state index in [1.165, 1.54) is 17.1 Å². The second-order valence-electron chi connectivity index (χ2n) is 7.72. The topological polar surface area (TPSA) is 72.4 Å². The van der Waals surface area contributed by atoms with Crippen LogP contribution in [0.1, 0.15) is 17.0 Å². The molecular weight excluding hydrogens is 444 g/mol. The van der Waals surface area contributed by atoms with Crippen LogP contribution in [-0.4, -0.2) is 43.1 Å². The molecule has 2 aliphatic heterocycles. The predicted octanol–water partition coefficient (Wildman–Crippen LogP) is 5.09. The van der Waals surface area contributed by atoms with E-state index >= 15 is 0 Å². The molecule has 0 bridgehead atoms. The number of hydrogen-bond donors (Lipinski definition) is 1. The van der Waals surface area contributed by atoms with Crippen molar-refractivity contribution in [3.8, 4) is 17.2 Å². The Morgan fingerprint density at radius 2 is 1.74 bits per heavy atom. The standard InChI is InChI=1S/C25H21F2N3O4/c26-24(27)34-19-9-6-17(7-10-19)23-20(16-4-2-1-3-5-16)15-30(29-23)25(31)28-18-8-11-21-22(14-18)33-13-12-32-21/h1-11,14,20,24H,12-13,15H2,(H,28,31). The number of hydrogen-bond acceptors (Lipinski definition) is 5. The van der Waals surface area contributed by atoms with E-state index in [4.69, 9.17) is 9.47 Å². The quantitative estimate of drug-likeness (QED) is 0.570. The van der Waals surface area contributed by atoms with Crippen molar-refractivity contribution in [1.82, 2.24) is 5.01 Å². The molecule has 174 valence electrons. The lowest BCUT2D eigenvalue weighted by molar-refractivity contribution is -0.0498. The predicted molar refractivity (Wildman–Crippen MR) is 122 cm³/mol. The van der Waals surface area contributed by atoms with Crippen molar-refractivity contribution in [3.05, 3.63) is 83.9 Å². The maximum absolute atomic E-state index is 13.0. The summed E-state index contributed by atoms with van der Waals surface area (Å²) in [7, 11) is 0. The van der Waals surface area contributed by atoms with Gasteiger partial charge in [-0.2, -0.15) is 13.9 Å². The lowest BCUT2D eigenvalue weighted by Crippen LogP contribution is -2.30. The van der Waals surface area contributed by atoms with Gasteiger partial charge in [-0.15, -0.1) is 0 Å². The number of anilines is 1. The van der Waals surface area contributed by atoms with Crippen LogP contribution in [0.2, 0.25) is 0 Å². The second-order valence-corrected chi connectivity index (χ2v) is 7.72. The van der Waals surface area contributed by atoms with Gasteiger partial charge in [-0.25, -0.2) is 9.80 Å². The molecule has 1 unspecified atom stereocenters. The minimum absolute atomic E-state index is 0.0572. The fourth-order valence-corrected chi connectivity index (χ4v) is 3.95. The molecule has 5 rings (SSSR count). The summed E-state index contributed by atoms with van der Waals surface area (Å²) < 4.78 is 40.6. The molecule has 1 N–H and O–H groups in total. The molecule has 34 heavy (non-hydrogen) atoms. The summed E-state index contributed by atoms with van der Waals surface area (Å²) in [5, 5.41) is 8.80. The van der Waals surface area contributed by atoms with E-state index in [1.807, 2.05) is 30.3 Å². The van der Waals surface area contributed by atoms with Crippen LogP contribution in [0.3, 0.4) is 0 Å². The number of halogens is 2. The third-order valence-electron chi connectivity index (χ3n) is 5.52. The number of carbonyl (C=O) groups is 1. The van der Waals surface area contributed by atoms with Crippen LogP contribution >= 0.6 is 0 Å². The Labute approximate surface area is 194 Å². The zero-order chi connectivity index (χ0) is 23.5. The van der Waals surface area contributed by atoms with Crippen LogP contribution in [0.5, 0.6) is 17.2 Å². The summed E-state index contributed by atoms with van der Waals surface area (Å²) in [5.41, 5.74) is 2.92. The van der Waals surface area contributed by atoms with Crippen LogP contribution in [-0.2, 0) is 0 Å². The Balaban J connectivity index is 1.39. The number of nitrogens with zero attached hydrogens (tertiary/aromatic N) is 2. The average Bonchev–Trinajstić information content (AvgIpc) is 3.30. The molecule has 0 fully saturated rings. The van der Waals surface area contributed by atoms with Gasteiger partial charge in [-0.05, 0) is 47.5 Å². The number of fused-ring (bicyclic) bond motifs is 1. The summed E-state index contributed by atoms with van der Waals surface area (Å²) in [4.78, 5) is 13.0. The highest BCUT2D eigenvalue weighted by Gasteiger charge is 2.32. The van der Waals surface area contributed by atoms with Gasteiger partial charge < -0.3 is 19.5 Å². The van der Waals surface area contributed by atoms with Crippen molar-refractivity contribution in [2.24, 2.45) is 5.10 Å². The van der Waals surface area contributed by atoms with Crippen molar-refractivity contribution in [2.45, 2.75) is 12.5 Å². The highest BCUT2D eigenvalue weighted by molar-refractivity contribution is 6.08. The highest BCUT2D eigenvalue weighted by Crippen LogP contribution is 2.34. The first-order valence-electron chi connectivity index (χ1n) is 10.7. The Morgan fingerprint density at radius 1 is 1.00 bits per heavy atom. The summed E-state index contributed by atoms with van der Waals surface area (Å²) in [6.45, 7) is -1.64. The first-order chi connectivity index (χ1) is 16.6. The molecule has 0 saturated heterocycles. The molecule has 0 saturated carbocycles. The smallest absolute Gasteiger partial charge is 0.387 e. The van der Waals surface area contributed by atoms with Crippen LogP contribution < -0.4 is 19.5 Å². The van der Waals surface area contributed by atoms with Gasteiger partial charge in [0.2, 0.25) is 0 Å². The van der Waals surface area contributed by atoms with Crippen molar-refractivity contribution in [2.75, 3.05) is 25.1 Å². The number of hydrazone groups is 1. The highest BCUT2D eigenvalue weighted by atomic mass is 19.3. The maximum atomic E-state index is 13.0. The fraction of sp³-hybridized carbons (Fsp3) is 0.200. The third kappa shape index (κ3) is 4.63. The molecule has 3 aromatic rings. The van der Waals surface area contributed by atoms with Crippen molar-refractivity contribution >= 4 is 17.4 Å². The Kier molecular flexibility index (Phi) is 5.99. The normalized spacial score (nSPS) is 16.9. The van der Waals surface area contributed by atoms with Gasteiger partial charge in [0.25, 0.3) is 0 Å². The molecule has 0 aromatic heterocycles. The van der Waals surface area contributed by atoms with Crippen molar-refractivity contribution in [3.63, 3.8) is 0 Å². The van der Waals surface area contributed by atoms with E-state index in [2.05, 4.69) is 15.2 Å². The van der Waals surface area contributed by atoms with Crippen LogP contribution in [0.25, 0.3) is 0 Å². The zero-order valence-electron chi connectivity index (χ0n) is 18.0. The van der Waals surface area contributed by atoms with Crippen molar-refractivity contribution in [1.29, 1.82) is 0 Å². The molecule has 2 amide bonds. The minimum atomic E-state index is -2.90. The summed E-state index contributed by atoms with van der Waals surface area (Å²) in [5.74, 6) is 1.08. The van der Waals surface area contributed by atoms with Crippen LogP contribution in [0.4, 0.5) is 19.3 Å². The third-order valence-corrected chi connectivity index (χ3v) is 5.52. The van der Waals surface area contributed by atoms with E-state index in [0.29, 0.717) is 48.2 Å². The number of benzene rings is 3. The molecular formula is C25H21F2N3O4. The molecule has 0 aliphatic carbocycles. The SMILES string of the molecule is O=C(Nc1ccc2c(c1)OCCO2)N1CC(c2ccccc2)C(c2ccc(OC(F)F)cc2)=N1. The summed E-state index contributed by atoms with van der Waals surface area (Å²) in [6.07, 6.45) is 0. The van der Waals surface area contributed by atoms with E-state index in [0.717, 1.165) is 5.56 Å². The van der Waals surface area contributed by atoms with Crippen LogP contribution in [0, 0.1) is 0 Å². The molecule has 7 nitrogen and oxygen atoms in total. The van der Waals surface area contributed by atoms with E-state index in [9.17, 15) is 13.6 Å². The molecule has 2 heterocycles. The average molecular weight is 465 g/mol. The number of alkyl halides is 2. The second kappa shape index (κ2) is 9.38. The molecule has 0 radical (unpaired) electrons. The lowest BCUT2D eigenvalue weighted by atomic mass is 9.90. The Morgan fingerprint density at radius 3 is 2.47 bits per heavy atom. The fourth-order valence-electron chi connectivity index (χ4n) is 3.95. The van der Waals surface area contributed by atoms with Gasteiger partial charge in [0, 0.05) is 17.7 Å². The van der Waals surface area contributed by atoms with E-state index in [-0.39, 0.29) is 11.7 Å². The number of rotatable bonds is 5. The van der Waals surface area contributed by atoms with Gasteiger partial charge in [0.05, 0.1) is 12.3 Å². The first kappa shape index (κ1) is 21.7. The zero-order valence-corrected chi connectivity index (χ0v) is 18.0. The molecule has 9 heteroatoms. The Hall–Kier alpha value is -4.14. The molecule has 3 aromatic carbocycles.